The third kappa shape index (κ3) is 7.57. The number of furan rings is 1. The molecule has 0 aliphatic rings. The molecule has 3 heterocycles. The fourth-order valence-corrected chi connectivity index (χ4v) is 7.19. The molecule has 0 saturated carbocycles. The minimum atomic E-state index is -0.337. The largest absolute Gasteiger partial charge is 0.512 e. The Morgan fingerprint density at radius 2 is 1.53 bits per heavy atom. The minimum absolute atomic E-state index is 0. The van der Waals surface area contributed by atoms with Gasteiger partial charge in [0.15, 0.2) is 5.78 Å². The maximum atomic E-state index is 12.2. The number of thiophene rings is 1. The van der Waals surface area contributed by atoms with E-state index in [4.69, 9.17) is 9.40 Å². The van der Waals surface area contributed by atoms with Gasteiger partial charge in [0.2, 0.25) is 0 Å². The molecule has 3 aromatic heterocycles. The number of hydrogen-bond acceptors (Lipinski definition) is 5. The van der Waals surface area contributed by atoms with Crippen LogP contribution in [0.2, 0.25) is 0 Å². The molecule has 6 rings (SSSR count). The van der Waals surface area contributed by atoms with Gasteiger partial charge in [0.05, 0.1) is 0 Å². The number of carbonyl (C=O) groups is 1. The van der Waals surface area contributed by atoms with Crippen LogP contribution in [0.4, 0.5) is 0 Å². The van der Waals surface area contributed by atoms with Crippen molar-refractivity contribution < 1.29 is 34.4 Å². The van der Waals surface area contributed by atoms with E-state index in [-0.39, 0.29) is 47.9 Å². The van der Waals surface area contributed by atoms with Crippen LogP contribution in [0.1, 0.15) is 98.4 Å². The van der Waals surface area contributed by atoms with Crippen LogP contribution in [0.25, 0.3) is 54.1 Å². The van der Waals surface area contributed by atoms with Crippen LogP contribution in [0.5, 0.6) is 0 Å². The molecule has 0 unspecified atom stereocenters. The van der Waals surface area contributed by atoms with E-state index in [2.05, 4.69) is 82.3 Å². The van der Waals surface area contributed by atoms with Gasteiger partial charge in [-0.05, 0) is 67.7 Å². The number of benzene rings is 3. The Morgan fingerprint density at radius 3 is 2.16 bits per heavy atom. The zero-order chi connectivity index (χ0) is 35.0. The van der Waals surface area contributed by atoms with Crippen molar-refractivity contribution in [1.29, 1.82) is 0 Å². The summed E-state index contributed by atoms with van der Waals surface area (Å²) in [7, 11) is 0. The van der Waals surface area contributed by atoms with Crippen molar-refractivity contribution in [2.75, 3.05) is 0 Å². The standard InChI is InChI=1S/C28H22NOS.C15H28O2.Ir/c1-16-11-18-13-21-24(15-25(18)31-16)30-23-9-10-29-27(26(21)23)19-12-17-7-5-6-8-20(17)22(14-19)28(2,3)4;1-7-14(5,8-2)12(16)11-13(17)15(6,9-3)10-4;/h5-11,13-15H,1-4H3;11,16H,7-10H2,1-6H3;/q-1;;/b;12-11-;. The average molecular weight is 853 g/mol. The van der Waals surface area contributed by atoms with Gasteiger partial charge in [-0.1, -0.05) is 91.5 Å². The van der Waals surface area contributed by atoms with E-state index in [0.717, 1.165) is 64.3 Å². The van der Waals surface area contributed by atoms with E-state index >= 15 is 0 Å². The number of fused-ring (bicyclic) bond motifs is 5. The van der Waals surface area contributed by atoms with Crippen molar-refractivity contribution in [2.45, 2.75) is 100 Å². The Kier molecular flexibility index (Phi) is 11.7. The van der Waals surface area contributed by atoms with Gasteiger partial charge in [-0.2, -0.15) is 0 Å². The molecule has 0 saturated heterocycles. The maximum Gasteiger partial charge on any atom is 0.164 e. The normalized spacial score (nSPS) is 12.7. The second-order valence-corrected chi connectivity index (χ2v) is 16.0. The number of rotatable bonds is 8. The number of ketones is 1. The molecule has 0 aliphatic carbocycles. The van der Waals surface area contributed by atoms with Crippen LogP contribution in [-0.2, 0) is 30.3 Å². The van der Waals surface area contributed by atoms with Crippen molar-refractivity contribution in [1.82, 2.24) is 4.98 Å². The summed E-state index contributed by atoms with van der Waals surface area (Å²) in [6.07, 6.45) is 6.59. The number of nitrogens with zero attached hydrogens (tertiary/aromatic N) is 1. The first-order valence-corrected chi connectivity index (χ1v) is 18.1. The van der Waals surface area contributed by atoms with E-state index in [1.807, 2.05) is 53.8 Å². The smallest absolute Gasteiger partial charge is 0.164 e. The van der Waals surface area contributed by atoms with Crippen LogP contribution in [0.15, 0.2) is 77.0 Å². The fraction of sp³-hybridized carbons (Fsp3) is 0.395. The van der Waals surface area contributed by atoms with Gasteiger partial charge in [0.25, 0.3) is 0 Å². The van der Waals surface area contributed by atoms with Crippen molar-refractivity contribution in [2.24, 2.45) is 10.8 Å². The molecular formula is C43H50IrNO3S-. The second-order valence-electron chi connectivity index (χ2n) is 14.7. The predicted molar refractivity (Wildman–Crippen MR) is 205 cm³/mol. The van der Waals surface area contributed by atoms with E-state index in [1.54, 1.807) is 11.3 Å². The third-order valence-electron chi connectivity index (χ3n) is 10.6. The molecule has 6 aromatic rings. The molecule has 1 radical (unpaired) electrons. The Bertz CT molecular complexity index is 2140. The molecule has 4 nitrogen and oxygen atoms in total. The molecule has 1 N–H and O–H groups in total. The summed E-state index contributed by atoms with van der Waals surface area (Å²) < 4.78 is 7.53. The summed E-state index contributed by atoms with van der Waals surface area (Å²) in [5.41, 5.74) is 4.44. The maximum absolute atomic E-state index is 12.2. The molecule has 3 aromatic carbocycles. The zero-order valence-corrected chi connectivity index (χ0v) is 33.8. The Morgan fingerprint density at radius 1 is 0.878 bits per heavy atom. The van der Waals surface area contributed by atoms with Gasteiger partial charge in [-0.25, -0.2) is 0 Å². The first-order valence-electron chi connectivity index (χ1n) is 17.3. The van der Waals surface area contributed by atoms with Gasteiger partial charge in [0.1, 0.15) is 16.9 Å². The van der Waals surface area contributed by atoms with E-state index < -0.39 is 0 Å². The first-order chi connectivity index (χ1) is 22.7. The Hall–Kier alpha value is -3.31. The third-order valence-corrected chi connectivity index (χ3v) is 11.6. The molecule has 0 amide bonds. The van der Waals surface area contributed by atoms with E-state index in [1.165, 1.54) is 32.0 Å². The SMILES string of the molecule is CCC(C)(CC)C(=O)/C=C(\O)C(C)(CC)CC.Cc1cc2cc3c(cc2s1)oc1ccnc(-c2[c-]c4ccccc4c(C(C)(C)C)c2)c13.[Ir]. The molecule has 0 fully saturated rings. The van der Waals surface area contributed by atoms with E-state index in [9.17, 15) is 9.90 Å². The molecule has 261 valence electrons. The number of carbonyl (C=O) groups excluding carboxylic acids is 1. The molecule has 0 spiro atoms. The fourth-order valence-electron chi connectivity index (χ4n) is 6.25. The van der Waals surface area contributed by atoms with Gasteiger partial charge in [0, 0.05) is 69.3 Å². The van der Waals surface area contributed by atoms with Crippen molar-refractivity contribution in [3.8, 4) is 11.3 Å². The van der Waals surface area contributed by atoms with Crippen LogP contribution in [-0.4, -0.2) is 15.9 Å². The van der Waals surface area contributed by atoms with Crippen LogP contribution >= 0.6 is 11.3 Å². The topological polar surface area (TPSA) is 63.3 Å². The van der Waals surface area contributed by atoms with Crippen LogP contribution in [0.3, 0.4) is 0 Å². The van der Waals surface area contributed by atoms with Gasteiger partial charge >= 0.3 is 0 Å². The number of aliphatic hydroxyl groups is 1. The Balaban J connectivity index is 0.000000260. The summed E-state index contributed by atoms with van der Waals surface area (Å²) in [5, 5.41) is 15.9. The molecule has 0 aliphatic heterocycles. The summed E-state index contributed by atoms with van der Waals surface area (Å²) in [4.78, 5) is 18.3. The van der Waals surface area contributed by atoms with Crippen molar-refractivity contribution >= 4 is 59.9 Å². The molecule has 0 atom stereocenters. The summed E-state index contributed by atoms with van der Waals surface area (Å²) in [5.74, 6) is 0.286. The number of aryl methyl sites for hydroxylation is 1. The monoisotopic (exact) mass is 853 g/mol. The molecule has 6 heteroatoms. The summed E-state index contributed by atoms with van der Waals surface area (Å²) >= 11 is 1.80. The van der Waals surface area contributed by atoms with Gasteiger partial charge < -0.3 is 9.52 Å². The average Bonchev–Trinajstić information content (AvgIpc) is 3.63. The molecule has 49 heavy (non-hydrogen) atoms. The predicted octanol–water partition coefficient (Wildman–Crippen LogP) is 13.1. The quantitative estimate of drug-likeness (QED) is 0.0941. The minimum Gasteiger partial charge on any atom is -0.512 e. The van der Waals surface area contributed by atoms with E-state index in [0.29, 0.717) is 0 Å². The number of pyridine rings is 1. The van der Waals surface area contributed by atoms with Crippen LogP contribution in [0, 0.1) is 23.8 Å². The second kappa shape index (κ2) is 14.9. The number of aliphatic hydroxyl groups excluding tert-OH is 1. The van der Waals surface area contributed by atoms with Gasteiger partial charge in [-0.15, -0.1) is 40.5 Å². The number of allylic oxidation sites excluding steroid dienone is 2. The summed E-state index contributed by atoms with van der Waals surface area (Å²) in [6, 6.07) is 23.0. The molecule has 0 bridgehead atoms. The zero-order valence-electron chi connectivity index (χ0n) is 30.6. The van der Waals surface area contributed by atoms with Crippen molar-refractivity contribution in [3.05, 3.63) is 89.1 Å². The first kappa shape index (κ1) is 38.5. The summed E-state index contributed by atoms with van der Waals surface area (Å²) in [6.45, 7) is 21.0. The Labute approximate surface area is 309 Å². The number of aromatic nitrogens is 1. The molecular weight excluding hydrogens is 803 g/mol. The van der Waals surface area contributed by atoms with Gasteiger partial charge in [-0.3, -0.25) is 9.78 Å². The number of hydrogen-bond donors (Lipinski definition) is 1. The van der Waals surface area contributed by atoms with Crippen molar-refractivity contribution in [3.63, 3.8) is 0 Å². The van der Waals surface area contributed by atoms with Crippen LogP contribution < -0.4 is 0 Å².